The van der Waals surface area contributed by atoms with E-state index < -0.39 is 0 Å². The molecule has 0 saturated carbocycles. The van der Waals surface area contributed by atoms with Gasteiger partial charge in [-0.1, -0.05) is 118 Å². The quantitative estimate of drug-likeness (QED) is 0.269. The van der Waals surface area contributed by atoms with Gasteiger partial charge in [-0.2, -0.15) is 0 Å². The average Bonchev–Trinajstić information content (AvgIpc) is 2.46. The summed E-state index contributed by atoms with van der Waals surface area (Å²) < 4.78 is 0. The van der Waals surface area contributed by atoms with Gasteiger partial charge in [-0.15, -0.1) is 0 Å². The molecule has 0 aromatic heterocycles. The summed E-state index contributed by atoms with van der Waals surface area (Å²) in [6.45, 7) is 9.47. The van der Waals surface area contributed by atoms with Crippen LogP contribution in [0, 0.1) is 11.8 Å². The van der Waals surface area contributed by atoms with Crippen molar-refractivity contribution in [2.24, 2.45) is 11.8 Å². The lowest BCUT2D eigenvalue weighted by molar-refractivity contribution is 0.423. The minimum absolute atomic E-state index is 0.946. The highest BCUT2D eigenvalue weighted by molar-refractivity contribution is 4.56. The second kappa shape index (κ2) is 15.4. The molecule has 0 bridgehead atoms. The van der Waals surface area contributed by atoms with E-state index in [0.717, 1.165) is 11.8 Å². The van der Waals surface area contributed by atoms with E-state index in [9.17, 15) is 0 Å². The molecule has 0 rings (SSSR count). The van der Waals surface area contributed by atoms with E-state index in [1.165, 1.54) is 89.9 Å². The second-order valence-corrected chi connectivity index (χ2v) is 7.17. The van der Waals surface area contributed by atoms with Crippen molar-refractivity contribution in [3.05, 3.63) is 0 Å². The molecule has 122 valence electrons. The van der Waals surface area contributed by atoms with Crippen LogP contribution in [0.15, 0.2) is 0 Å². The highest BCUT2D eigenvalue weighted by atomic mass is 14.1. The van der Waals surface area contributed by atoms with Crippen LogP contribution in [0.4, 0.5) is 0 Å². The molecule has 0 saturated heterocycles. The van der Waals surface area contributed by atoms with E-state index >= 15 is 0 Å². The molecule has 0 aromatic carbocycles. The van der Waals surface area contributed by atoms with E-state index in [4.69, 9.17) is 0 Å². The Morgan fingerprint density at radius 2 is 0.900 bits per heavy atom. The van der Waals surface area contributed by atoms with Crippen LogP contribution in [0.5, 0.6) is 0 Å². The third-order valence-corrected chi connectivity index (χ3v) is 4.89. The Hall–Kier alpha value is 0. The Balaban J connectivity index is 3.18. The van der Waals surface area contributed by atoms with E-state index in [1.54, 1.807) is 0 Å². The first-order chi connectivity index (χ1) is 9.70. The average molecular weight is 283 g/mol. The summed E-state index contributed by atoms with van der Waals surface area (Å²) in [5, 5.41) is 0. The van der Waals surface area contributed by atoms with Gasteiger partial charge in [0.05, 0.1) is 0 Å². The first kappa shape index (κ1) is 20.0. The molecule has 0 radical (unpaired) electrons. The molecule has 0 N–H and O–H groups in total. The molecule has 0 aliphatic heterocycles. The smallest absolute Gasteiger partial charge is 0.0443 e. The van der Waals surface area contributed by atoms with Gasteiger partial charge < -0.3 is 0 Å². The molecule has 2 atom stereocenters. The zero-order valence-electron chi connectivity index (χ0n) is 15.1. The fourth-order valence-electron chi connectivity index (χ4n) is 2.96. The van der Waals surface area contributed by atoms with Crippen molar-refractivity contribution < 1.29 is 0 Å². The van der Waals surface area contributed by atoms with Gasteiger partial charge >= 0.3 is 0 Å². The number of rotatable bonds is 15. The van der Waals surface area contributed by atoms with Gasteiger partial charge in [0.15, 0.2) is 0 Å². The molecule has 20 heavy (non-hydrogen) atoms. The first-order valence-corrected chi connectivity index (χ1v) is 9.70. The van der Waals surface area contributed by atoms with Crippen LogP contribution < -0.4 is 0 Å². The summed E-state index contributed by atoms with van der Waals surface area (Å²) in [5.74, 6) is 1.91. The highest BCUT2D eigenvalue weighted by Crippen LogP contribution is 2.19. The van der Waals surface area contributed by atoms with Gasteiger partial charge in [0.25, 0.3) is 0 Å². The van der Waals surface area contributed by atoms with Crippen molar-refractivity contribution in [1.29, 1.82) is 0 Å². The van der Waals surface area contributed by atoms with Crippen molar-refractivity contribution in [3.8, 4) is 0 Å². The van der Waals surface area contributed by atoms with Gasteiger partial charge in [-0.3, -0.25) is 0 Å². The summed E-state index contributed by atoms with van der Waals surface area (Å²) in [6, 6.07) is 0. The third kappa shape index (κ3) is 14.4. The summed E-state index contributed by atoms with van der Waals surface area (Å²) in [4.78, 5) is 0. The SMILES string of the molecule is CCCCCCCCC(C)CCCCCCC(C)CC. The maximum absolute atomic E-state index is 2.46. The van der Waals surface area contributed by atoms with Crippen LogP contribution in [0.1, 0.15) is 118 Å². The maximum Gasteiger partial charge on any atom is -0.0443 e. The number of unbranched alkanes of at least 4 members (excludes halogenated alkanes) is 8. The van der Waals surface area contributed by atoms with E-state index in [1.807, 2.05) is 0 Å². The summed E-state index contributed by atoms with van der Waals surface area (Å²) in [6.07, 6.45) is 20.3. The Labute approximate surface area is 130 Å². The fraction of sp³-hybridized carbons (Fsp3) is 1.00. The summed E-state index contributed by atoms with van der Waals surface area (Å²) >= 11 is 0. The zero-order valence-corrected chi connectivity index (χ0v) is 15.1. The Bertz CT molecular complexity index is 173. The number of hydrogen-bond donors (Lipinski definition) is 0. The first-order valence-electron chi connectivity index (χ1n) is 9.70. The molecular weight excluding hydrogens is 240 g/mol. The maximum atomic E-state index is 2.46. The Kier molecular flexibility index (Phi) is 15.4. The van der Waals surface area contributed by atoms with E-state index in [0.29, 0.717) is 0 Å². The highest BCUT2D eigenvalue weighted by Gasteiger charge is 2.03. The summed E-state index contributed by atoms with van der Waals surface area (Å²) in [5.41, 5.74) is 0. The number of hydrogen-bond acceptors (Lipinski definition) is 0. The molecule has 0 heterocycles. The van der Waals surface area contributed by atoms with Gasteiger partial charge in [0.1, 0.15) is 0 Å². The second-order valence-electron chi connectivity index (χ2n) is 7.17. The van der Waals surface area contributed by atoms with Crippen LogP contribution in [0.25, 0.3) is 0 Å². The molecule has 0 aromatic rings. The van der Waals surface area contributed by atoms with Crippen molar-refractivity contribution in [3.63, 3.8) is 0 Å². The normalized spacial score (nSPS) is 14.4. The molecule has 0 amide bonds. The minimum atomic E-state index is 0.946. The molecule has 0 fully saturated rings. The lowest BCUT2D eigenvalue weighted by Gasteiger charge is -2.11. The van der Waals surface area contributed by atoms with Crippen molar-refractivity contribution in [2.75, 3.05) is 0 Å². The minimum Gasteiger partial charge on any atom is -0.0654 e. The Morgan fingerprint density at radius 3 is 1.35 bits per heavy atom. The zero-order chi connectivity index (χ0) is 15.1. The van der Waals surface area contributed by atoms with E-state index in [-0.39, 0.29) is 0 Å². The lowest BCUT2D eigenvalue weighted by Crippen LogP contribution is -1.96. The molecule has 0 nitrogen and oxygen atoms in total. The van der Waals surface area contributed by atoms with Gasteiger partial charge in [0.2, 0.25) is 0 Å². The molecule has 0 spiro atoms. The van der Waals surface area contributed by atoms with E-state index in [2.05, 4.69) is 27.7 Å². The largest absolute Gasteiger partial charge is 0.0654 e. The molecule has 0 aliphatic carbocycles. The topological polar surface area (TPSA) is 0 Å². The molecule has 0 aliphatic rings. The van der Waals surface area contributed by atoms with Crippen LogP contribution in [-0.4, -0.2) is 0 Å². The molecule has 2 unspecified atom stereocenters. The fourth-order valence-corrected chi connectivity index (χ4v) is 2.96. The lowest BCUT2D eigenvalue weighted by atomic mass is 9.95. The summed E-state index contributed by atoms with van der Waals surface area (Å²) in [7, 11) is 0. The van der Waals surface area contributed by atoms with Crippen LogP contribution in [-0.2, 0) is 0 Å². The third-order valence-electron chi connectivity index (χ3n) is 4.89. The predicted molar refractivity (Wildman–Crippen MR) is 94.3 cm³/mol. The van der Waals surface area contributed by atoms with Gasteiger partial charge in [-0.25, -0.2) is 0 Å². The van der Waals surface area contributed by atoms with Crippen LogP contribution >= 0.6 is 0 Å². The predicted octanol–water partition coefficient (Wildman–Crippen LogP) is 7.76. The molecule has 0 heteroatoms. The van der Waals surface area contributed by atoms with Crippen molar-refractivity contribution in [2.45, 2.75) is 118 Å². The van der Waals surface area contributed by atoms with Gasteiger partial charge in [0, 0.05) is 0 Å². The van der Waals surface area contributed by atoms with Crippen LogP contribution in [0.2, 0.25) is 0 Å². The van der Waals surface area contributed by atoms with Crippen molar-refractivity contribution >= 4 is 0 Å². The Morgan fingerprint density at radius 1 is 0.500 bits per heavy atom. The van der Waals surface area contributed by atoms with Crippen LogP contribution in [0.3, 0.4) is 0 Å². The van der Waals surface area contributed by atoms with Gasteiger partial charge in [-0.05, 0) is 11.8 Å². The van der Waals surface area contributed by atoms with Crippen molar-refractivity contribution in [1.82, 2.24) is 0 Å². The monoisotopic (exact) mass is 282 g/mol. The molecular formula is C20H42. The standard InChI is InChI=1S/C20H42/c1-5-7-8-9-10-14-17-20(4)18-15-12-11-13-16-19(3)6-2/h19-20H,5-18H2,1-4H3.